The molecule has 22 heavy (non-hydrogen) atoms. The monoisotopic (exact) mass is 372 g/mol. The maximum absolute atomic E-state index is 11.6. The van der Waals surface area contributed by atoms with Crippen molar-refractivity contribution in [2.75, 3.05) is 5.33 Å². The van der Waals surface area contributed by atoms with Gasteiger partial charge in [-0.25, -0.2) is 4.79 Å². The summed E-state index contributed by atoms with van der Waals surface area (Å²) < 4.78 is 9.81. The van der Waals surface area contributed by atoms with Crippen LogP contribution in [-0.2, 0) is 30.5 Å². The van der Waals surface area contributed by atoms with Crippen LogP contribution in [0.4, 0.5) is 0 Å². The van der Waals surface area contributed by atoms with Gasteiger partial charge in [0.15, 0.2) is 6.10 Å². The Bertz CT molecular complexity index is 502. The molecule has 0 saturated carbocycles. The lowest BCUT2D eigenvalue weighted by atomic mass is 10.1. The smallest absolute Gasteiger partial charge is 0.345 e. The molecule has 6 nitrogen and oxygen atoms in total. The van der Waals surface area contributed by atoms with Crippen molar-refractivity contribution in [1.82, 2.24) is 0 Å². The molecule has 0 aromatic heterocycles. The van der Waals surface area contributed by atoms with E-state index in [9.17, 15) is 14.4 Å². The minimum absolute atomic E-state index is 0.0640. The van der Waals surface area contributed by atoms with E-state index >= 15 is 0 Å². The van der Waals surface area contributed by atoms with Gasteiger partial charge in [0.2, 0.25) is 0 Å². The molecule has 0 radical (unpaired) electrons. The van der Waals surface area contributed by atoms with E-state index in [4.69, 9.17) is 14.6 Å². The van der Waals surface area contributed by atoms with Gasteiger partial charge in [-0.1, -0.05) is 46.3 Å². The van der Waals surface area contributed by atoms with Crippen molar-refractivity contribution in [2.45, 2.75) is 32.0 Å². The van der Waals surface area contributed by atoms with Gasteiger partial charge in [-0.15, -0.1) is 0 Å². The summed E-state index contributed by atoms with van der Waals surface area (Å²) in [5.74, 6) is -2.30. The molecule has 0 aliphatic carbocycles. The fourth-order valence-corrected chi connectivity index (χ4v) is 1.80. The third-order valence-corrected chi connectivity index (χ3v) is 3.21. The Balaban J connectivity index is 2.27. The number of halogens is 1. The number of alkyl halides is 1. The van der Waals surface area contributed by atoms with Gasteiger partial charge in [0.25, 0.3) is 0 Å². The number of ether oxygens (including phenoxy) is 2. The van der Waals surface area contributed by atoms with Crippen LogP contribution in [-0.4, -0.2) is 34.4 Å². The molecule has 0 fully saturated rings. The summed E-state index contributed by atoms with van der Waals surface area (Å²) in [6, 6.07) is 9.24. The first-order chi connectivity index (χ1) is 10.5. The minimum Gasteiger partial charge on any atom is -0.479 e. The van der Waals surface area contributed by atoms with Gasteiger partial charge >= 0.3 is 17.9 Å². The third kappa shape index (κ3) is 7.21. The predicted molar refractivity (Wildman–Crippen MR) is 81.4 cm³/mol. The predicted octanol–water partition coefficient (Wildman–Crippen LogP) is 2.29. The second-order valence-corrected chi connectivity index (χ2v) is 5.05. The van der Waals surface area contributed by atoms with Crippen LogP contribution in [0.3, 0.4) is 0 Å². The molecule has 1 rings (SSSR count). The van der Waals surface area contributed by atoms with Gasteiger partial charge in [0.05, 0.1) is 0 Å². The van der Waals surface area contributed by atoms with Gasteiger partial charge in [-0.2, -0.15) is 0 Å². The van der Waals surface area contributed by atoms with Crippen molar-refractivity contribution in [3.8, 4) is 0 Å². The van der Waals surface area contributed by atoms with Crippen LogP contribution in [0.25, 0.3) is 0 Å². The maximum Gasteiger partial charge on any atom is 0.345 e. The highest BCUT2D eigenvalue weighted by molar-refractivity contribution is 9.09. The molecular formula is C15H17BrO6. The first-order valence-electron chi connectivity index (χ1n) is 6.70. The van der Waals surface area contributed by atoms with Gasteiger partial charge in [-0.05, 0) is 18.4 Å². The van der Waals surface area contributed by atoms with Crippen molar-refractivity contribution < 1.29 is 29.0 Å². The Morgan fingerprint density at radius 1 is 1.14 bits per heavy atom. The van der Waals surface area contributed by atoms with Crippen LogP contribution in [0, 0.1) is 0 Å². The van der Waals surface area contributed by atoms with Gasteiger partial charge < -0.3 is 14.6 Å². The Hall–Kier alpha value is -1.89. The largest absolute Gasteiger partial charge is 0.479 e. The molecule has 1 N–H and O–H groups in total. The summed E-state index contributed by atoms with van der Waals surface area (Å²) in [4.78, 5) is 33.5. The zero-order valence-electron chi connectivity index (χ0n) is 11.9. The topological polar surface area (TPSA) is 89.9 Å². The summed E-state index contributed by atoms with van der Waals surface area (Å²) in [5, 5.41) is 8.85. The number of carbonyl (C=O) groups is 3. The zero-order chi connectivity index (χ0) is 16.4. The molecule has 0 spiro atoms. The van der Waals surface area contributed by atoms with E-state index in [1.807, 2.05) is 30.3 Å². The average molecular weight is 373 g/mol. The van der Waals surface area contributed by atoms with Crippen molar-refractivity contribution >= 4 is 33.8 Å². The number of hydrogen-bond acceptors (Lipinski definition) is 5. The molecule has 0 aliphatic rings. The van der Waals surface area contributed by atoms with E-state index in [-0.39, 0.29) is 31.2 Å². The van der Waals surface area contributed by atoms with Crippen LogP contribution < -0.4 is 0 Å². The molecule has 0 saturated heterocycles. The van der Waals surface area contributed by atoms with Gasteiger partial charge in [-0.3, -0.25) is 9.59 Å². The minimum atomic E-state index is -1.24. The molecule has 0 amide bonds. The van der Waals surface area contributed by atoms with E-state index in [2.05, 4.69) is 15.9 Å². The normalized spacial score (nSPS) is 11.5. The lowest BCUT2D eigenvalue weighted by Gasteiger charge is -2.12. The van der Waals surface area contributed by atoms with Crippen LogP contribution in [0.5, 0.6) is 0 Å². The lowest BCUT2D eigenvalue weighted by molar-refractivity contribution is -0.162. The van der Waals surface area contributed by atoms with Gasteiger partial charge in [0, 0.05) is 6.42 Å². The maximum atomic E-state index is 11.6. The van der Waals surface area contributed by atoms with Crippen molar-refractivity contribution in [3.05, 3.63) is 35.9 Å². The number of benzene rings is 1. The quantitative estimate of drug-likeness (QED) is 0.528. The van der Waals surface area contributed by atoms with E-state index in [0.717, 1.165) is 5.56 Å². The zero-order valence-corrected chi connectivity index (χ0v) is 13.5. The highest BCUT2D eigenvalue weighted by Crippen LogP contribution is 2.09. The Morgan fingerprint density at radius 3 is 2.41 bits per heavy atom. The van der Waals surface area contributed by atoms with Crippen molar-refractivity contribution in [2.24, 2.45) is 0 Å². The number of rotatable bonds is 9. The van der Waals surface area contributed by atoms with Crippen LogP contribution in [0.2, 0.25) is 0 Å². The average Bonchev–Trinajstić information content (AvgIpc) is 2.52. The number of carboxylic acids is 1. The second kappa shape index (κ2) is 9.94. The van der Waals surface area contributed by atoms with E-state index in [1.54, 1.807) is 0 Å². The van der Waals surface area contributed by atoms with Crippen LogP contribution >= 0.6 is 15.9 Å². The summed E-state index contributed by atoms with van der Waals surface area (Å²) in [5.41, 5.74) is 0.880. The van der Waals surface area contributed by atoms with Gasteiger partial charge in [0.1, 0.15) is 11.9 Å². The number of carbonyl (C=O) groups excluding carboxylic acids is 2. The highest BCUT2D eigenvalue weighted by Gasteiger charge is 2.21. The molecule has 120 valence electrons. The summed E-state index contributed by atoms with van der Waals surface area (Å²) in [7, 11) is 0. The number of hydrogen-bond donors (Lipinski definition) is 1. The van der Waals surface area contributed by atoms with E-state index in [1.165, 1.54) is 0 Å². The first kappa shape index (κ1) is 18.2. The summed E-state index contributed by atoms with van der Waals surface area (Å²) in [6.07, 6.45) is -0.844. The molecular weight excluding hydrogens is 356 g/mol. The molecule has 1 aromatic rings. The molecule has 1 atom stereocenters. The first-order valence-corrected chi connectivity index (χ1v) is 7.83. The Kier molecular flexibility index (Phi) is 8.21. The molecule has 1 aromatic carbocycles. The van der Waals surface area contributed by atoms with E-state index < -0.39 is 24.0 Å². The fraction of sp³-hybridized carbons (Fsp3) is 0.400. The third-order valence-electron chi connectivity index (χ3n) is 2.75. The number of carboxylic acid groups (broad SMARTS) is 1. The lowest BCUT2D eigenvalue weighted by Crippen LogP contribution is -2.27. The molecule has 7 heteroatoms. The fourth-order valence-electron chi connectivity index (χ4n) is 1.67. The van der Waals surface area contributed by atoms with Crippen molar-refractivity contribution in [3.63, 3.8) is 0 Å². The Morgan fingerprint density at radius 2 is 1.82 bits per heavy atom. The van der Waals surface area contributed by atoms with E-state index in [0.29, 0.717) is 0 Å². The van der Waals surface area contributed by atoms with Crippen LogP contribution in [0.1, 0.15) is 24.8 Å². The summed E-state index contributed by atoms with van der Waals surface area (Å²) in [6.45, 7) is 0.181. The van der Waals surface area contributed by atoms with Crippen molar-refractivity contribution in [1.29, 1.82) is 0 Å². The SMILES string of the molecule is O=C(CCCC(OC(=O)CBr)C(=O)O)OCc1ccccc1. The molecule has 1 unspecified atom stereocenters. The highest BCUT2D eigenvalue weighted by atomic mass is 79.9. The molecule has 0 aliphatic heterocycles. The molecule has 0 heterocycles. The van der Waals surface area contributed by atoms with Crippen LogP contribution in [0.15, 0.2) is 30.3 Å². The Labute approximate surface area is 136 Å². The number of esters is 2. The summed E-state index contributed by atoms with van der Waals surface area (Å²) >= 11 is 2.88. The number of aliphatic carboxylic acids is 1. The molecule has 0 bridgehead atoms. The standard InChI is InChI=1S/C15H17BrO6/c16-9-14(18)22-12(15(19)20)7-4-8-13(17)21-10-11-5-2-1-3-6-11/h1-3,5-6,12H,4,7-10H2,(H,19,20). The second-order valence-electron chi connectivity index (χ2n) is 4.49.